The van der Waals surface area contributed by atoms with Crippen LogP contribution in [0.2, 0.25) is 5.02 Å². The summed E-state index contributed by atoms with van der Waals surface area (Å²) < 4.78 is 43.6. The van der Waals surface area contributed by atoms with Gasteiger partial charge in [-0.25, -0.2) is 0 Å². The van der Waals surface area contributed by atoms with Crippen molar-refractivity contribution in [2.75, 3.05) is 19.0 Å². The van der Waals surface area contributed by atoms with E-state index in [0.29, 0.717) is 5.75 Å². The fourth-order valence-electron chi connectivity index (χ4n) is 2.45. The van der Waals surface area contributed by atoms with Crippen LogP contribution in [0.1, 0.15) is 24.1 Å². The van der Waals surface area contributed by atoms with Gasteiger partial charge < -0.3 is 15.4 Å². The smallest absolute Gasteiger partial charge is 0.416 e. The Bertz CT molecular complexity index is 781. The van der Waals surface area contributed by atoms with E-state index in [4.69, 9.17) is 16.3 Å². The molecular formula is C18H19ClF3N2O2+. The lowest BCUT2D eigenvalue weighted by atomic mass is 10.1. The van der Waals surface area contributed by atoms with E-state index in [0.717, 1.165) is 23.8 Å². The number of quaternary nitrogens is 1. The zero-order valence-electron chi connectivity index (χ0n) is 14.2. The minimum atomic E-state index is -4.51. The molecule has 0 aromatic heterocycles. The van der Waals surface area contributed by atoms with Crippen molar-refractivity contribution in [3.8, 4) is 5.75 Å². The molecule has 2 aromatic rings. The molecule has 0 aliphatic rings. The first-order valence-electron chi connectivity index (χ1n) is 7.85. The normalized spacial score (nSPS) is 12.5. The van der Waals surface area contributed by atoms with E-state index in [1.165, 1.54) is 0 Å². The average molecular weight is 388 g/mol. The molecule has 0 radical (unpaired) electrons. The van der Waals surface area contributed by atoms with Gasteiger partial charge in [-0.15, -0.1) is 0 Å². The van der Waals surface area contributed by atoms with E-state index in [1.807, 2.05) is 31.2 Å². The number of carbonyl (C=O) groups excluding carboxylic acids is 1. The number of alkyl halides is 3. The first kappa shape index (κ1) is 20.1. The zero-order chi connectivity index (χ0) is 19.3. The molecule has 4 nitrogen and oxygen atoms in total. The summed E-state index contributed by atoms with van der Waals surface area (Å²) in [5.74, 6) is 0.255. The Hall–Kier alpha value is -2.25. The third kappa shape index (κ3) is 5.12. The van der Waals surface area contributed by atoms with Crippen LogP contribution in [0, 0.1) is 0 Å². The highest BCUT2D eigenvalue weighted by Crippen LogP contribution is 2.33. The quantitative estimate of drug-likeness (QED) is 0.795. The van der Waals surface area contributed by atoms with Crippen molar-refractivity contribution in [1.29, 1.82) is 0 Å². The fraction of sp³-hybridized carbons (Fsp3) is 0.278. The second-order valence-corrected chi connectivity index (χ2v) is 6.12. The SMILES string of the molecule is COc1ccccc1[C@H](C)[NH2+]CC(=O)Nc1cc(C(F)(F)F)ccc1Cl. The predicted octanol–water partition coefficient (Wildman–Crippen LogP) is 3.63. The van der Waals surface area contributed by atoms with Gasteiger partial charge in [0, 0.05) is 0 Å². The Kier molecular flexibility index (Phi) is 6.50. The first-order valence-corrected chi connectivity index (χ1v) is 8.23. The van der Waals surface area contributed by atoms with Crippen molar-refractivity contribution < 1.29 is 28.0 Å². The highest BCUT2D eigenvalue weighted by molar-refractivity contribution is 6.33. The van der Waals surface area contributed by atoms with Gasteiger partial charge in [-0.3, -0.25) is 4.79 Å². The number of nitrogens with two attached hydrogens (primary N) is 1. The summed E-state index contributed by atoms with van der Waals surface area (Å²) in [4.78, 5) is 12.1. The van der Waals surface area contributed by atoms with Crippen LogP contribution in [0.25, 0.3) is 0 Å². The molecular weight excluding hydrogens is 369 g/mol. The minimum absolute atomic E-state index is 0.0196. The second-order valence-electron chi connectivity index (χ2n) is 5.71. The Balaban J connectivity index is 2.01. The number of halogens is 4. The molecule has 0 bridgehead atoms. The van der Waals surface area contributed by atoms with Gasteiger partial charge in [-0.2, -0.15) is 13.2 Å². The van der Waals surface area contributed by atoms with E-state index in [1.54, 1.807) is 12.4 Å². The maximum Gasteiger partial charge on any atom is 0.416 e. The zero-order valence-corrected chi connectivity index (χ0v) is 15.0. The number of nitrogens with one attached hydrogen (secondary N) is 1. The van der Waals surface area contributed by atoms with Gasteiger partial charge >= 0.3 is 6.18 Å². The van der Waals surface area contributed by atoms with Gasteiger partial charge in [0.25, 0.3) is 5.91 Å². The van der Waals surface area contributed by atoms with Crippen LogP contribution in [0.3, 0.4) is 0 Å². The predicted molar refractivity (Wildman–Crippen MR) is 93.3 cm³/mol. The van der Waals surface area contributed by atoms with Crippen LogP contribution in [0.15, 0.2) is 42.5 Å². The molecule has 1 amide bonds. The monoisotopic (exact) mass is 387 g/mol. The Morgan fingerprint density at radius 1 is 1.27 bits per heavy atom. The third-order valence-corrected chi connectivity index (χ3v) is 4.18. The lowest BCUT2D eigenvalue weighted by Crippen LogP contribution is -2.86. The highest BCUT2D eigenvalue weighted by atomic mass is 35.5. The van der Waals surface area contributed by atoms with E-state index in [9.17, 15) is 18.0 Å². The standard InChI is InChI=1S/C18H18ClF3N2O2/c1-11(13-5-3-4-6-16(13)26-2)23-10-17(25)24-15-9-12(18(20,21)22)7-8-14(15)19/h3-9,11,23H,10H2,1-2H3,(H,24,25)/p+1/t11-/m0/s1. The van der Waals surface area contributed by atoms with Crippen LogP contribution in [-0.2, 0) is 11.0 Å². The van der Waals surface area contributed by atoms with Gasteiger partial charge in [-0.05, 0) is 37.3 Å². The minimum Gasteiger partial charge on any atom is -0.496 e. The van der Waals surface area contributed by atoms with E-state index in [-0.39, 0.29) is 23.3 Å². The molecule has 2 rings (SSSR count). The van der Waals surface area contributed by atoms with E-state index >= 15 is 0 Å². The largest absolute Gasteiger partial charge is 0.496 e. The fourth-order valence-corrected chi connectivity index (χ4v) is 2.62. The lowest BCUT2D eigenvalue weighted by molar-refractivity contribution is -0.682. The number of rotatable bonds is 6. The summed E-state index contributed by atoms with van der Waals surface area (Å²) in [6.07, 6.45) is -4.51. The molecule has 2 aromatic carbocycles. The Morgan fingerprint density at radius 2 is 1.96 bits per heavy atom. The molecule has 0 saturated heterocycles. The molecule has 0 fully saturated rings. The van der Waals surface area contributed by atoms with Crippen molar-refractivity contribution in [3.05, 3.63) is 58.6 Å². The number of benzene rings is 2. The highest BCUT2D eigenvalue weighted by Gasteiger charge is 2.31. The van der Waals surface area contributed by atoms with Gasteiger partial charge in [0.15, 0.2) is 6.54 Å². The number of hydrogen-bond acceptors (Lipinski definition) is 2. The first-order chi connectivity index (χ1) is 12.2. The lowest BCUT2D eigenvalue weighted by Gasteiger charge is -2.15. The topological polar surface area (TPSA) is 54.9 Å². The third-order valence-electron chi connectivity index (χ3n) is 3.85. The van der Waals surface area contributed by atoms with Crippen molar-refractivity contribution >= 4 is 23.2 Å². The maximum atomic E-state index is 12.8. The molecule has 0 aliphatic carbocycles. The van der Waals surface area contributed by atoms with Gasteiger partial charge in [0.05, 0.1) is 28.9 Å². The van der Waals surface area contributed by atoms with Crippen LogP contribution >= 0.6 is 11.6 Å². The van der Waals surface area contributed by atoms with Crippen LogP contribution in [0.5, 0.6) is 5.75 Å². The summed E-state index contributed by atoms with van der Waals surface area (Å²) in [7, 11) is 1.56. The average Bonchev–Trinajstić information content (AvgIpc) is 2.60. The molecule has 8 heteroatoms. The molecule has 3 N–H and O–H groups in total. The van der Waals surface area contributed by atoms with Crippen molar-refractivity contribution in [1.82, 2.24) is 0 Å². The van der Waals surface area contributed by atoms with E-state index < -0.39 is 17.6 Å². The van der Waals surface area contributed by atoms with Crippen LogP contribution < -0.4 is 15.4 Å². The van der Waals surface area contributed by atoms with Crippen molar-refractivity contribution in [2.45, 2.75) is 19.1 Å². The number of para-hydroxylation sites is 1. The number of amides is 1. The van der Waals surface area contributed by atoms with Gasteiger partial charge in [0.1, 0.15) is 11.8 Å². The molecule has 1 atom stereocenters. The number of anilines is 1. The maximum absolute atomic E-state index is 12.8. The molecule has 26 heavy (non-hydrogen) atoms. The Labute approximate surface area is 154 Å². The second kappa shape index (κ2) is 8.42. The Morgan fingerprint density at radius 3 is 2.62 bits per heavy atom. The molecule has 0 unspecified atom stereocenters. The number of carbonyl (C=O) groups is 1. The summed E-state index contributed by atoms with van der Waals surface area (Å²) >= 11 is 5.88. The van der Waals surface area contributed by atoms with Crippen LogP contribution in [-0.4, -0.2) is 19.6 Å². The summed E-state index contributed by atoms with van der Waals surface area (Å²) in [6.45, 7) is 1.92. The van der Waals surface area contributed by atoms with Gasteiger partial charge in [-0.1, -0.05) is 23.7 Å². The van der Waals surface area contributed by atoms with E-state index in [2.05, 4.69) is 5.32 Å². The van der Waals surface area contributed by atoms with Crippen LogP contribution in [0.4, 0.5) is 18.9 Å². The number of hydrogen-bond donors (Lipinski definition) is 2. The molecule has 0 saturated carbocycles. The van der Waals surface area contributed by atoms with Gasteiger partial charge in [0.2, 0.25) is 0 Å². The van der Waals surface area contributed by atoms with Crippen molar-refractivity contribution in [3.63, 3.8) is 0 Å². The van der Waals surface area contributed by atoms with Crippen molar-refractivity contribution in [2.24, 2.45) is 0 Å². The molecule has 140 valence electrons. The number of ether oxygens (including phenoxy) is 1. The molecule has 0 aliphatic heterocycles. The molecule has 0 heterocycles. The molecule has 0 spiro atoms. The number of methoxy groups -OCH3 is 1. The summed E-state index contributed by atoms with van der Waals surface area (Å²) in [5, 5.41) is 4.23. The summed E-state index contributed by atoms with van der Waals surface area (Å²) in [5.41, 5.74) is -0.0201. The summed E-state index contributed by atoms with van der Waals surface area (Å²) in [6, 6.07) is 10.2.